The van der Waals surface area contributed by atoms with Crippen molar-refractivity contribution in [1.82, 2.24) is 10.2 Å². The molecular weight excluding hydrogens is 341 g/mol. The van der Waals surface area contributed by atoms with Crippen LogP contribution < -0.4 is 10.1 Å². The lowest BCUT2D eigenvalue weighted by Crippen LogP contribution is -2.35. The van der Waals surface area contributed by atoms with Crippen LogP contribution in [0.4, 0.5) is 13.2 Å². The number of nitrogens with one attached hydrogen (secondary N) is 1. The number of likely N-dealkylation sites (N-methyl/N-ethyl adjacent to an activating group) is 1. The van der Waals surface area contributed by atoms with Crippen LogP contribution in [0.3, 0.4) is 0 Å². The van der Waals surface area contributed by atoms with E-state index < -0.39 is 11.7 Å². The molecule has 1 unspecified atom stereocenters. The molecule has 0 aliphatic carbocycles. The summed E-state index contributed by atoms with van der Waals surface area (Å²) in [5.41, 5.74) is 1.68. The summed E-state index contributed by atoms with van der Waals surface area (Å²) >= 11 is 0. The largest absolute Gasteiger partial charge is 0.484 e. The summed E-state index contributed by atoms with van der Waals surface area (Å²) in [6.45, 7) is 3.42. The minimum atomic E-state index is -4.34. The number of rotatable bonds is 5. The molecule has 2 aromatic carbocycles. The van der Waals surface area contributed by atoms with Gasteiger partial charge in [-0.05, 0) is 48.9 Å². The smallest absolute Gasteiger partial charge is 0.416 e. The maximum absolute atomic E-state index is 12.7. The highest BCUT2D eigenvalue weighted by molar-refractivity contribution is 5.34. The zero-order valence-corrected chi connectivity index (χ0v) is 14.7. The SMILES string of the molecule is CNCCN1CCc2ccccc2C(Oc2ccc(C(F)(F)F)cc2)C1. The number of halogens is 3. The molecule has 3 rings (SSSR count). The van der Waals surface area contributed by atoms with Gasteiger partial charge in [0.05, 0.1) is 5.56 Å². The molecule has 0 amide bonds. The van der Waals surface area contributed by atoms with E-state index in [1.807, 2.05) is 25.2 Å². The van der Waals surface area contributed by atoms with Crippen molar-refractivity contribution in [1.29, 1.82) is 0 Å². The molecule has 0 saturated carbocycles. The second-order valence-electron chi connectivity index (χ2n) is 6.48. The van der Waals surface area contributed by atoms with Gasteiger partial charge in [-0.2, -0.15) is 13.2 Å². The number of hydrogen-bond acceptors (Lipinski definition) is 3. The average Bonchev–Trinajstić information content (AvgIpc) is 2.79. The van der Waals surface area contributed by atoms with Crippen LogP contribution in [0.25, 0.3) is 0 Å². The molecule has 1 atom stereocenters. The van der Waals surface area contributed by atoms with E-state index in [1.54, 1.807) is 0 Å². The second-order valence-corrected chi connectivity index (χ2v) is 6.48. The third-order valence-electron chi connectivity index (χ3n) is 4.66. The Morgan fingerprint density at radius 3 is 2.54 bits per heavy atom. The lowest BCUT2D eigenvalue weighted by atomic mass is 10.0. The standard InChI is InChI=1S/C20H23F3N2O/c1-24-11-13-25-12-10-15-4-2-3-5-18(15)19(14-25)26-17-8-6-16(7-9-17)20(21,22)23/h2-9,19,24H,10-14H2,1H3. The Labute approximate surface area is 151 Å². The van der Waals surface area contributed by atoms with Gasteiger partial charge in [0.15, 0.2) is 0 Å². The van der Waals surface area contributed by atoms with E-state index >= 15 is 0 Å². The lowest BCUT2D eigenvalue weighted by molar-refractivity contribution is -0.137. The molecule has 3 nitrogen and oxygen atoms in total. The van der Waals surface area contributed by atoms with Gasteiger partial charge in [-0.3, -0.25) is 4.90 Å². The van der Waals surface area contributed by atoms with Gasteiger partial charge in [-0.15, -0.1) is 0 Å². The van der Waals surface area contributed by atoms with Crippen LogP contribution >= 0.6 is 0 Å². The van der Waals surface area contributed by atoms with Gasteiger partial charge in [0.1, 0.15) is 11.9 Å². The van der Waals surface area contributed by atoms with Gasteiger partial charge in [-0.1, -0.05) is 24.3 Å². The lowest BCUT2D eigenvalue weighted by Gasteiger charge is -2.25. The molecule has 0 saturated heterocycles. The van der Waals surface area contributed by atoms with E-state index in [-0.39, 0.29) is 6.10 Å². The number of benzene rings is 2. The first-order valence-corrected chi connectivity index (χ1v) is 8.76. The molecule has 0 spiro atoms. The zero-order chi connectivity index (χ0) is 18.6. The Bertz CT molecular complexity index is 716. The Hall–Kier alpha value is -2.05. The monoisotopic (exact) mass is 364 g/mol. The van der Waals surface area contributed by atoms with Gasteiger partial charge in [0.25, 0.3) is 0 Å². The first-order valence-electron chi connectivity index (χ1n) is 8.76. The molecule has 6 heteroatoms. The Balaban J connectivity index is 1.80. The highest BCUT2D eigenvalue weighted by atomic mass is 19.4. The highest BCUT2D eigenvalue weighted by Gasteiger charge is 2.30. The predicted octanol–water partition coefficient (Wildman–Crippen LogP) is 3.90. The predicted molar refractivity (Wildman–Crippen MR) is 95.3 cm³/mol. The van der Waals surface area contributed by atoms with E-state index in [0.29, 0.717) is 12.3 Å². The van der Waals surface area contributed by atoms with Crippen molar-refractivity contribution >= 4 is 0 Å². The molecule has 0 bridgehead atoms. The molecule has 0 aromatic heterocycles. The van der Waals surface area contributed by atoms with Crippen LogP contribution in [0.1, 0.15) is 22.8 Å². The number of hydrogen-bond donors (Lipinski definition) is 1. The summed E-state index contributed by atoms with van der Waals surface area (Å²) < 4.78 is 44.3. The molecule has 0 fully saturated rings. The van der Waals surface area contributed by atoms with Crippen molar-refractivity contribution in [2.45, 2.75) is 18.7 Å². The summed E-state index contributed by atoms with van der Waals surface area (Å²) in [6, 6.07) is 13.1. The normalized spacial score (nSPS) is 18.2. The molecule has 1 aliphatic heterocycles. The molecule has 1 heterocycles. The van der Waals surface area contributed by atoms with E-state index in [4.69, 9.17) is 4.74 Å². The Morgan fingerprint density at radius 2 is 1.85 bits per heavy atom. The molecule has 140 valence electrons. The molecule has 0 radical (unpaired) electrons. The zero-order valence-electron chi connectivity index (χ0n) is 14.7. The molecule has 26 heavy (non-hydrogen) atoms. The molecule has 2 aromatic rings. The first kappa shape index (κ1) is 18.7. The van der Waals surface area contributed by atoms with E-state index in [9.17, 15) is 13.2 Å². The topological polar surface area (TPSA) is 24.5 Å². The van der Waals surface area contributed by atoms with Crippen molar-refractivity contribution < 1.29 is 17.9 Å². The maximum Gasteiger partial charge on any atom is 0.416 e. The van der Waals surface area contributed by atoms with Crippen molar-refractivity contribution in [3.05, 3.63) is 65.2 Å². The van der Waals surface area contributed by atoms with Crippen molar-refractivity contribution in [3.63, 3.8) is 0 Å². The highest BCUT2D eigenvalue weighted by Crippen LogP contribution is 2.32. The van der Waals surface area contributed by atoms with Gasteiger partial charge in [0, 0.05) is 26.2 Å². The van der Waals surface area contributed by atoms with E-state index in [2.05, 4.69) is 16.3 Å². The summed E-state index contributed by atoms with van der Waals surface area (Å²) in [6.07, 6.45) is -3.60. The van der Waals surface area contributed by atoms with Crippen LogP contribution in [0, 0.1) is 0 Å². The van der Waals surface area contributed by atoms with Crippen LogP contribution in [-0.2, 0) is 12.6 Å². The summed E-state index contributed by atoms with van der Waals surface area (Å²) in [5, 5.41) is 3.15. The van der Waals surface area contributed by atoms with Crippen LogP contribution in [0.15, 0.2) is 48.5 Å². The summed E-state index contributed by atoms with van der Waals surface area (Å²) in [7, 11) is 1.92. The average molecular weight is 364 g/mol. The van der Waals surface area contributed by atoms with Crippen LogP contribution in [0.5, 0.6) is 5.75 Å². The summed E-state index contributed by atoms with van der Waals surface area (Å²) in [5.74, 6) is 0.452. The van der Waals surface area contributed by atoms with Crippen molar-refractivity contribution in [2.24, 2.45) is 0 Å². The van der Waals surface area contributed by atoms with E-state index in [0.717, 1.165) is 43.8 Å². The molecule has 1 N–H and O–H groups in total. The number of nitrogens with zero attached hydrogens (tertiary/aromatic N) is 1. The minimum Gasteiger partial charge on any atom is -0.484 e. The van der Waals surface area contributed by atoms with Gasteiger partial charge >= 0.3 is 6.18 Å². The third kappa shape index (κ3) is 4.56. The van der Waals surface area contributed by atoms with Crippen LogP contribution in [0.2, 0.25) is 0 Å². The Kier molecular flexibility index (Phi) is 5.84. The molecular formula is C20H23F3N2O. The molecule has 1 aliphatic rings. The van der Waals surface area contributed by atoms with E-state index in [1.165, 1.54) is 17.7 Å². The second kappa shape index (κ2) is 8.10. The number of alkyl halides is 3. The minimum absolute atomic E-state index is 0.206. The van der Waals surface area contributed by atoms with Gasteiger partial charge in [0.2, 0.25) is 0 Å². The van der Waals surface area contributed by atoms with Crippen molar-refractivity contribution in [3.8, 4) is 5.75 Å². The number of ether oxygens (including phenoxy) is 1. The van der Waals surface area contributed by atoms with Gasteiger partial charge < -0.3 is 10.1 Å². The van der Waals surface area contributed by atoms with Crippen molar-refractivity contribution in [2.75, 3.05) is 33.2 Å². The van der Waals surface area contributed by atoms with Gasteiger partial charge in [-0.25, -0.2) is 0 Å². The first-order chi connectivity index (χ1) is 12.5. The fourth-order valence-electron chi connectivity index (χ4n) is 3.24. The Morgan fingerprint density at radius 1 is 1.12 bits per heavy atom. The quantitative estimate of drug-likeness (QED) is 0.871. The maximum atomic E-state index is 12.7. The number of fused-ring (bicyclic) bond motifs is 1. The van der Waals surface area contributed by atoms with Crippen LogP contribution in [-0.4, -0.2) is 38.1 Å². The fraction of sp³-hybridized carbons (Fsp3) is 0.400. The fourth-order valence-corrected chi connectivity index (χ4v) is 3.24. The third-order valence-corrected chi connectivity index (χ3v) is 4.66. The summed E-state index contributed by atoms with van der Waals surface area (Å²) in [4.78, 5) is 2.32.